The lowest BCUT2D eigenvalue weighted by atomic mass is 9.65. The van der Waals surface area contributed by atoms with E-state index in [9.17, 15) is 15.0 Å². The first kappa shape index (κ1) is 25.5. The normalized spacial score (nSPS) is 13.7. The molecule has 1 aromatic rings. The molecule has 0 unspecified atom stereocenters. The number of aromatic hydroxyl groups is 1. The first-order valence-corrected chi connectivity index (χ1v) is 10.8. The zero-order chi connectivity index (χ0) is 23.2. The molecule has 166 valence electrons. The van der Waals surface area contributed by atoms with E-state index in [1.54, 1.807) is 0 Å². The van der Waals surface area contributed by atoms with E-state index in [0.717, 1.165) is 34.2 Å². The minimum Gasteiger partial charge on any atom is -0.507 e. The standard InChI is InChI=1S/C26H44O3/c1-23(2,3)15-17-19(24(4,5)6)16(13-14-18(27)28)20(25(7,8)9)21(22(17)29)26(10,11)12/h29H,13-15H2,1-12H3,(H,27,28). The zero-order valence-electron chi connectivity index (χ0n) is 20.9. The number of carboxylic acid groups (broad SMARTS) is 1. The molecule has 0 bridgehead atoms. The van der Waals surface area contributed by atoms with Crippen LogP contribution in [-0.2, 0) is 33.9 Å². The lowest BCUT2D eigenvalue weighted by molar-refractivity contribution is -0.136. The Labute approximate surface area is 178 Å². The second-order valence-corrected chi connectivity index (χ2v) is 12.8. The largest absolute Gasteiger partial charge is 0.507 e. The van der Waals surface area contributed by atoms with Gasteiger partial charge in [-0.05, 0) is 56.8 Å². The first-order valence-electron chi connectivity index (χ1n) is 10.8. The Morgan fingerprint density at radius 2 is 1.10 bits per heavy atom. The van der Waals surface area contributed by atoms with Crippen molar-refractivity contribution >= 4 is 5.97 Å². The van der Waals surface area contributed by atoms with E-state index < -0.39 is 5.97 Å². The SMILES string of the molecule is CC(C)(C)Cc1c(O)c(C(C)(C)C)c(C(C)(C)C)c(CCC(=O)O)c1C(C)(C)C. The summed E-state index contributed by atoms with van der Waals surface area (Å²) in [7, 11) is 0. The van der Waals surface area contributed by atoms with Gasteiger partial charge in [0.05, 0.1) is 0 Å². The van der Waals surface area contributed by atoms with Crippen molar-refractivity contribution < 1.29 is 15.0 Å². The van der Waals surface area contributed by atoms with Crippen LogP contribution in [0.2, 0.25) is 0 Å². The van der Waals surface area contributed by atoms with Crippen LogP contribution in [0.15, 0.2) is 0 Å². The maximum absolute atomic E-state index is 11.7. The minimum absolute atomic E-state index is 0.0000482. The smallest absolute Gasteiger partial charge is 0.303 e. The van der Waals surface area contributed by atoms with E-state index in [4.69, 9.17) is 0 Å². The van der Waals surface area contributed by atoms with Gasteiger partial charge >= 0.3 is 5.97 Å². The third-order valence-corrected chi connectivity index (χ3v) is 5.22. The molecule has 3 heteroatoms. The number of aliphatic carboxylic acids is 1. The van der Waals surface area contributed by atoms with E-state index in [2.05, 4.69) is 83.1 Å². The number of benzene rings is 1. The summed E-state index contributed by atoms with van der Waals surface area (Å²) < 4.78 is 0. The van der Waals surface area contributed by atoms with E-state index in [-0.39, 0.29) is 28.1 Å². The Bertz CT molecular complexity index is 758. The number of hydrogen-bond acceptors (Lipinski definition) is 2. The average molecular weight is 405 g/mol. The summed E-state index contributed by atoms with van der Waals surface area (Å²) in [5.74, 6) is -0.381. The van der Waals surface area contributed by atoms with Crippen LogP contribution in [0.4, 0.5) is 0 Å². The lowest BCUT2D eigenvalue weighted by Gasteiger charge is -2.39. The predicted octanol–water partition coefficient (Wildman–Crippen LogP) is 6.89. The quantitative estimate of drug-likeness (QED) is 0.574. The molecule has 0 aliphatic carbocycles. The van der Waals surface area contributed by atoms with Gasteiger partial charge in [-0.1, -0.05) is 83.1 Å². The van der Waals surface area contributed by atoms with Gasteiger partial charge in [-0.2, -0.15) is 0 Å². The summed E-state index contributed by atoms with van der Waals surface area (Å²) in [6.45, 7) is 26.0. The molecule has 0 saturated heterocycles. The van der Waals surface area contributed by atoms with E-state index >= 15 is 0 Å². The first-order chi connectivity index (χ1) is 12.7. The topological polar surface area (TPSA) is 57.5 Å². The lowest BCUT2D eigenvalue weighted by Crippen LogP contribution is -2.30. The van der Waals surface area contributed by atoms with Crippen molar-refractivity contribution in [3.8, 4) is 5.75 Å². The maximum Gasteiger partial charge on any atom is 0.303 e. The number of hydrogen-bond donors (Lipinski definition) is 2. The van der Waals surface area contributed by atoms with Crippen LogP contribution in [0, 0.1) is 5.41 Å². The minimum atomic E-state index is -0.785. The maximum atomic E-state index is 11.7. The molecule has 0 aliphatic rings. The van der Waals surface area contributed by atoms with Crippen molar-refractivity contribution in [2.75, 3.05) is 0 Å². The molecule has 0 spiro atoms. The van der Waals surface area contributed by atoms with Crippen molar-refractivity contribution in [1.29, 1.82) is 0 Å². The molecule has 0 saturated carbocycles. The number of carbonyl (C=O) groups is 1. The van der Waals surface area contributed by atoms with Crippen LogP contribution in [0.1, 0.15) is 117 Å². The van der Waals surface area contributed by atoms with E-state index in [1.807, 2.05) is 0 Å². The summed E-state index contributed by atoms with van der Waals surface area (Å²) >= 11 is 0. The molecule has 0 aromatic heterocycles. The molecule has 0 fully saturated rings. The van der Waals surface area contributed by atoms with Gasteiger partial charge in [0.1, 0.15) is 5.75 Å². The van der Waals surface area contributed by atoms with Gasteiger partial charge < -0.3 is 10.2 Å². The highest BCUT2D eigenvalue weighted by Crippen LogP contribution is 2.49. The van der Waals surface area contributed by atoms with Crippen molar-refractivity contribution in [2.45, 2.75) is 119 Å². The van der Waals surface area contributed by atoms with Crippen molar-refractivity contribution in [3.63, 3.8) is 0 Å². The van der Waals surface area contributed by atoms with Gasteiger partial charge in [-0.15, -0.1) is 0 Å². The Morgan fingerprint density at radius 3 is 1.41 bits per heavy atom. The van der Waals surface area contributed by atoms with Crippen LogP contribution in [0.5, 0.6) is 5.75 Å². The fraction of sp³-hybridized carbons (Fsp3) is 0.731. The van der Waals surface area contributed by atoms with Crippen molar-refractivity contribution in [3.05, 3.63) is 27.8 Å². The van der Waals surface area contributed by atoms with Crippen molar-refractivity contribution in [1.82, 2.24) is 0 Å². The summed E-state index contributed by atoms with van der Waals surface area (Å²) in [5.41, 5.74) is 4.65. The highest BCUT2D eigenvalue weighted by molar-refractivity contribution is 5.68. The molecule has 0 amide bonds. The molecule has 2 N–H and O–H groups in total. The van der Waals surface area contributed by atoms with Gasteiger partial charge in [-0.25, -0.2) is 0 Å². The Balaban J connectivity index is 4.26. The van der Waals surface area contributed by atoms with Crippen LogP contribution in [-0.4, -0.2) is 16.2 Å². The molecule has 29 heavy (non-hydrogen) atoms. The number of carboxylic acids is 1. The second kappa shape index (κ2) is 7.96. The van der Waals surface area contributed by atoms with Crippen LogP contribution in [0.25, 0.3) is 0 Å². The van der Waals surface area contributed by atoms with Gasteiger partial charge in [0.2, 0.25) is 0 Å². The molecule has 1 aromatic carbocycles. The fourth-order valence-electron chi connectivity index (χ4n) is 4.49. The molecule has 0 heterocycles. The second-order valence-electron chi connectivity index (χ2n) is 12.8. The summed E-state index contributed by atoms with van der Waals surface area (Å²) in [5, 5.41) is 21.1. The molecule has 0 aliphatic heterocycles. The summed E-state index contributed by atoms with van der Waals surface area (Å²) in [6.07, 6.45) is 1.32. The van der Waals surface area contributed by atoms with Crippen LogP contribution >= 0.6 is 0 Å². The predicted molar refractivity (Wildman–Crippen MR) is 123 cm³/mol. The molecule has 0 radical (unpaired) electrons. The zero-order valence-corrected chi connectivity index (χ0v) is 20.9. The third kappa shape index (κ3) is 6.23. The number of rotatable bonds is 4. The molecule has 3 nitrogen and oxygen atoms in total. The Morgan fingerprint density at radius 1 is 0.690 bits per heavy atom. The Kier molecular flexibility index (Phi) is 7.01. The fourth-order valence-corrected chi connectivity index (χ4v) is 4.49. The van der Waals surface area contributed by atoms with E-state index in [1.165, 1.54) is 0 Å². The van der Waals surface area contributed by atoms with E-state index in [0.29, 0.717) is 12.2 Å². The van der Waals surface area contributed by atoms with Crippen LogP contribution in [0.3, 0.4) is 0 Å². The molecular formula is C26H44O3. The highest BCUT2D eigenvalue weighted by Gasteiger charge is 2.38. The number of phenolic OH excluding ortho intramolecular Hbond substituents is 1. The summed E-state index contributed by atoms with van der Waals surface area (Å²) in [4.78, 5) is 11.5. The van der Waals surface area contributed by atoms with Gasteiger partial charge in [-0.3, -0.25) is 4.79 Å². The van der Waals surface area contributed by atoms with Crippen molar-refractivity contribution in [2.24, 2.45) is 5.41 Å². The molecule has 1 rings (SSSR count). The highest BCUT2D eigenvalue weighted by atomic mass is 16.4. The monoisotopic (exact) mass is 404 g/mol. The van der Waals surface area contributed by atoms with Gasteiger partial charge in [0.25, 0.3) is 0 Å². The van der Waals surface area contributed by atoms with Crippen LogP contribution < -0.4 is 0 Å². The molecule has 0 atom stereocenters. The number of phenols is 1. The third-order valence-electron chi connectivity index (χ3n) is 5.22. The average Bonchev–Trinajstić information content (AvgIpc) is 2.41. The van der Waals surface area contributed by atoms with Gasteiger partial charge in [0.15, 0.2) is 0 Å². The van der Waals surface area contributed by atoms with Gasteiger partial charge in [0, 0.05) is 12.0 Å². The Hall–Kier alpha value is -1.51. The molecular weight excluding hydrogens is 360 g/mol. The summed E-state index contributed by atoms with van der Waals surface area (Å²) in [6, 6.07) is 0.